The number of nitrogens with one attached hydrogen (secondary N) is 1. The van der Waals surface area contributed by atoms with Gasteiger partial charge in [-0.05, 0) is 53.4 Å². The van der Waals surface area contributed by atoms with Crippen molar-refractivity contribution in [2.75, 3.05) is 17.1 Å². The van der Waals surface area contributed by atoms with Gasteiger partial charge in [-0.1, -0.05) is 0 Å². The Morgan fingerprint density at radius 3 is 2.81 bits per heavy atom. The fourth-order valence-corrected chi connectivity index (χ4v) is 3.90. The van der Waals surface area contributed by atoms with Crippen LogP contribution in [0.25, 0.3) is 0 Å². The molecule has 0 aliphatic carbocycles. The summed E-state index contributed by atoms with van der Waals surface area (Å²) in [6, 6.07) is 4.29. The highest BCUT2D eigenvalue weighted by molar-refractivity contribution is 9.10. The van der Waals surface area contributed by atoms with Crippen LogP contribution < -0.4 is 4.72 Å². The van der Waals surface area contributed by atoms with Crippen LogP contribution in [-0.2, 0) is 14.8 Å². The summed E-state index contributed by atoms with van der Waals surface area (Å²) in [6.45, 7) is 0.585. The van der Waals surface area contributed by atoms with Gasteiger partial charge in [-0.15, -0.1) is 0 Å². The average molecular weight is 378 g/mol. The molecule has 1 saturated heterocycles. The number of halogens is 1. The van der Waals surface area contributed by atoms with Crippen molar-refractivity contribution < 1.29 is 23.1 Å². The maximum absolute atomic E-state index is 12.1. The molecule has 21 heavy (non-hydrogen) atoms. The zero-order valence-electron chi connectivity index (χ0n) is 11.2. The zero-order chi connectivity index (χ0) is 15.5. The van der Waals surface area contributed by atoms with Gasteiger partial charge < -0.3 is 9.84 Å². The summed E-state index contributed by atoms with van der Waals surface area (Å²) in [5, 5.41) is 9.02. The molecule has 1 heterocycles. The maximum Gasteiger partial charge on any atom is 0.336 e. The highest BCUT2D eigenvalue weighted by Crippen LogP contribution is 2.22. The van der Waals surface area contributed by atoms with E-state index in [4.69, 9.17) is 9.84 Å². The first-order valence-corrected chi connectivity index (χ1v) is 8.97. The lowest BCUT2D eigenvalue weighted by Gasteiger charge is -2.22. The minimum atomic E-state index is -3.57. The summed E-state index contributed by atoms with van der Waals surface area (Å²) in [4.78, 5) is 11.0. The molecule has 6 nitrogen and oxygen atoms in total. The van der Waals surface area contributed by atoms with Gasteiger partial charge in [0.25, 0.3) is 0 Å². The molecule has 1 aliphatic rings. The van der Waals surface area contributed by atoms with Crippen molar-refractivity contribution in [1.82, 2.24) is 0 Å². The molecule has 0 amide bonds. The van der Waals surface area contributed by atoms with E-state index in [-0.39, 0.29) is 23.1 Å². The molecule has 1 aromatic carbocycles. The minimum absolute atomic E-state index is 0.00381. The Bertz CT molecular complexity index is 625. The van der Waals surface area contributed by atoms with Crippen molar-refractivity contribution in [3.05, 3.63) is 28.2 Å². The molecule has 0 saturated carbocycles. The van der Waals surface area contributed by atoms with Crippen molar-refractivity contribution in [2.24, 2.45) is 0 Å². The highest BCUT2D eigenvalue weighted by Gasteiger charge is 2.22. The Kier molecular flexibility index (Phi) is 5.23. The number of hydrogen-bond donors (Lipinski definition) is 2. The molecule has 1 fully saturated rings. The first kappa shape index (κ1) is 16.3. The zero-order valence-corrected chi connectivity index (χ0v) is 13.6. The summed E-state index contributed by atoms with van der Waals surface area (Å²) >= 11 is 3.11. The van der Waals surface area contributed by atoms with Crippen LogP contribution in [0.2, 0.25) is 0 Å². The molecule has 1 atom stereocenters. The van der Waals surface area contributed by atoms with Crippen LogP contribution in [0, 0.1) is 0 Å². The normalized spacial score (nSPS) is 19.2. The predicted octanol–water partition coefficient (Wildman–Crippen LogP) is 2.46. The summed E-state index contributed by atoms with van der Waals surface area (Å²) < 4.78 is 32.4. The number of hydrogen-bond acceptors (Lipinski definition) is 4. The Morgan fingerprint density at radius 2 is 2.19 bits per heavy atom. The SMILES string of the molecule is O=C(O)c1cc(NS(=O)(=O)CC2CCCCO2)ccc1Br. The smallest absolute Gasteiger partial charge is 0.336 e. The lowest BCUT2D eigenvalue weighted by atomic mass is 10.1. The van der Waals surface area contributed by atoms with Gasteiger partial charge >= 0.3 is 5.97 Å². The number of anilines is 1. The van der Waals surface area contributed by atoms with E-state index in [9.17, 15) is 13.2 Å². The molecule has 8 heteroatoms. The van der Waals surface area contributed by atoms with Crippen molar-refractivity contribution in [3.8, 4) is 0 Å². The van der Waals surface area contributed by atoms with Gasteiger partial charge in [0.05, 0.1) is 17.4 Å². The standard InChI is InChI=1S/C13H16BrNO5S/c14-12-5-4-9(7-11(12)13(16)17)15-21(18,19)8-10-3-1-2-6-20-10/h4-5,7,10,15H,1-3,6,8H2,(H,16,17). The third-order valence-corrected chi connectivity index (χ3v) is 5.20. The molecule has 0 aromatic heterocycles. The van der Waals surface area contributed by atoms with Gasteiger partial charge in [-0.2, -0.15) is 0 Å². The number of aromatic carboxylic acids is 1. The monoisotopic (exact) mass is 377 g/mol. The molecule has 0 radical (unpaired) electrons. The third-order valence-electron chi connectivity index (χ3n) is 3.15. The number of ether oxygens (including phenoxy) is 1. The number of carboxylic acids is 1. The van der Waals surface area contributed by atoms with Gasteiger partial charge in [-0.25, -0.2) is 13.2 Å². The molecular formula is C13H16BrNO5S. The molecule has 0 bridgehead atoms. The molecule has 116 valence electrons. The van der Waals surface area contributed by atoms with Gasteiger partial charge in [0.1, 0.15) is 0 Å². The molecule has 2 N–H and O–H groups in total. The van der Waals surface area contributed by atoms with Crippen LogP contribution in [0.3, 0.4) is 0 Å². The second-order valence-corrected chi connectivity index (χ2v) is 7.49. The number of benzene rings is 1. The third kappa shape index (κ3) is 4.69. The molecule has 0 spiro atoms. The van der Waals surface area contributed by atoms with Crippen LogP contribution in [0.5, 0.6) is 0 Å². The van der Waals surface area contributed by atoms with E-state index < -0.39 is 16.0 Å². The second kappa shape index (κ2) is 6.76. The van der Waals surface area contributed by atoms with E-state index in [1.807, 2.05) is 0 Å². The van der Waals surface area contributed by atoms with Gasteiger partial charge in [0.2, 0.25) is 10.0 Å². The van der Waals surface area contributed by atoms with Crippen molar-refractivity contribution >= 4 is 37.6 Å². The summed E-state index contributed by atoms with van der Waals surface area (Å²) in [5.74, 6) is -1.25. The number of carbonyl (C=O) groups is 1. The van der Waals surface area contributed by atoms with Crippen LogP contribution in [0.1, 0.15) is 29.6 Å². The van der Waals surface area contributed by atoms with E-state index in [1.165, 1.54) is 18.2 Å². The minimum Gasteiger partial charge on any atom is -0.478 e. The number of rotatable bonds is 5. The largest absolute Gasteiger partial charge is 0.478 e. The fraction of sp³-hybridized carbons (Fsp3) is 0.462. The van der Waals surface area contributed by atoms with Crippen molar-refractivity contribution in [3.63, 3.8) is 0 Å². The molecular weight excluding hydrogens is 362 g/mol. The van der Waals surface area contributed by atoms with Gasteiger partial charge in [-0.3, -0.25) is 4.72 Å². The Balaban J connectivity index is 2.09. The van der Waals surface area contributed by atoms with Gasteiger partial charge in [0.15, 0.2) is 0 Å². The first-order valence-electron chi connectivity index (χ1n) is 6.52. The molecule has 1 aromatic rings. The topological polar surface area (TPSA) is 92.7 Å². The van der Waals surface area contributed by atoms with Crippen LogP contribution in [0.4, 0.5) is 5.69 Å². The van der Waals surface area contributed by atoms with Crippen LogP contribution >= 0.6 is 15.9 Å². The number of sulfonamides is 1. The quantitative estimate of drug-likeness (QED) is 0.821. The van der Waals surface area contributed by atoms with Gasteiger partial charge in [0, 0.05) is 16.8 Å². The Hall–Kier alpha value is -1.12. The van der Waals surface area contributed by atoms with E-state index in [0.29, 0.717) is 11.1 Å². The van der Waals surface area contributed by atoms with Crippen LogP contribution in [-0.4, -0.2) is 38.0 Å². The fourth-order valence-electron chi connectivity index (χ4n) is 2.16. The predicted molar refractivity (Wildman–Crippen MR) is 82.1 cm³/mol. The molecule has 2 rings (SSSR count). The summed E-state index contributed by atoms with van der Waals surface area (Å²) in [6.07, 6.45) is 2.34. The lowest BCUT2D eigenvalue weighted by molar-refractivity contribution is 0.0306. The summed E-state index contributed by atoms with van der Waals surface area (Å²) in [5.41, 5.74) is 0.232. The Labute approximate surface area is 131 Å². The van der Waals surface area contributed by atoms with E-state index in [1.54, 1.807) is 0 Å². The maximum atomic E-state index is 12.1. The molecule has 1 unspecified atom stereocenters. The Morgan fingerprint density at radius 1 is 1.43 bits per heavy atom. The summed E-state index contributed by atoms with van der Waals surface area (Å²) in [7, 11) is -3.57. The van der Waals surface area contributed by atoms with E-state index >= 15 is 0 Å². The van der Waals surface area contributed by atoms with Crippen molar-refractivity contribution in [2.45, 2.75) is 25.4 Å². The van der Waals surface area contributed by atoms with Crippen molar-refractivity contribution in [1.29, 1.82) is 0 Å². The highest BCUT2D eigenvalue weighted by atomic mass is 79.9. The van der Waals surface area contributed by atoms with Crippen LogP contribution in [0.15, 0.2) is 22.7 Å². The number of carboxylic acid groups (broad SMARTS) is 1. The average Bonchev–Trinajstić information content (AvgIpc) is 2.41. The first-order chi connectivity index (χ1) is 9.87. The lowest BCUT2D eigenvalue weighted by Crippen LogP contribution is -2.30. The second-order valence-electron chi connectivity index (χ2n) is 4.87. The van der Waals surface area contributed by atoms with E-state index in [0.717, 1.165) is 19.3 Å². The molecule has 1 aliphatic heterocycles. The van der Waals surface area contributed by atoms with E-state index in [2.05, 4.69) is 20.7 Å².